The minimum Gasteiger partial charge on any atom is -0.494 e. The maximum absolute atomic E-state index is 12.2. The zero-order valence-electron chi connectivity index (χ0n) is 15.9. The van der Waals surface area contributed by atoms with Crippen LogP contribution in [-0.2, 0) is 4.79 Å². The highest BCUT2D eigenvalue weighted by atomic mass is 32.2. The Balaban J connectivity index is 1.52. The Kier molecular flexibility index (Phi) is 6.92. The number of hydrogen-bond acceptors (Lipinski definition) is 6. The molecule has 1 aromatic carbocycles. The molecule has 3 rings (SSSR count). The van der Waals surface area contributed by atoms with Crippen molar-refractivity contribution in [1.82, 2.24) is 9.97 Å². The molecule has 1 unspecified atom stereocenters. The van der Waals surface area contributed by atoms with Crippen LogP contribution in [0.2, 0.25) is 0 Å². The molecule has 1 fully saturated rings. The van der Waals surface area contributed by atoms with Crippen LogP contribution in [-0.4, -0.2) is 41.3 Å². The molecular formula is C20H26N4O2S. The minimum atomic E-state index is -0.0593. The number of piperidine rings is 1. The van der Waals surface area contributed by atoms with Crippen molar-refractivity contribution in [1.29, 1.82) is 0 Å². The largest absolute Gasteiger partial charge is 0.494 e. The molecule has 1 atom stereocenters. The molecule has 1 saturated heterocycles. The van der Waals surface area contributed by atoms with Crippen LogP contribution in [0.25, 0.3) is 0 Å². The molecule has 1 aliphatic rings. The van der Waals surface area contributed by atoms with E-state index in [0.29, 0.717) is 18.3 Å². The van der Waals surface area contributed by atoms with E-state index in [1.165, 1.54) is 24.6 Å². The highest BCUT2D eigenvalue weighted by molar-refractivity contribution is 7.99. The third-order valence-corrected chi connectivity index (χ3v) is 5.33. The van der Waals surface area contributed by atoms with Gasteiger partial charge in [0.15, 0.2) is 0 Å². The number of nitrogens with zero attached hydrogens (tertiary/aromatic N) is 3. The molecule has 0 bridgehead atoms. The Morgan fingerprint density at radius 1 is 1.33 bits per heavy atom. The molecule has 144 valence electrons. The average molecular weight is 387 g/mol. The van der Waals surface area contributed by atoms with Gasteiger partial charge in [-0.3, -0.25) is 4.79 Å². The average Bonchev–Trinajstić information content (AvgIpc) is 2.68. The number of nitrogens with one attached hydrogen (secondary N) is 1. The number of hydrogen-bond donors (Lipinski definition) is 1. The van der Waals surface area contributed by atoms with Crippen LogP contribution in [0.3, 0.4) is 0 Å². The Bertz CT molecular complexity index is 754. The first-order valence-corrected chi connectivity index (χ1v) is 10.3. The molecule has 6 nitrogen and oxygen atoms in total. The lowest BCUT2D eigenvalue weighted by Crippen LogP contribution is -2.34. The molecule has 0 aliphatic carbocycles. The van der Waals surface area contributed by atoms with Gasteiger partial charge >= 0.3 is 0 Å². The number of amides is 1. The second-order valence-electron chi connectivity index (χ2n) is 6.70. The molecule has 0 spiro atoms. The van der Waals surface area contributed by atoms with E-state index in [1.54, 1.807) is 6.33 Å². The third kappa shape index (κ3) is 5.85. The summed E-state index contributed by atoms with van der Waals surface area (Å²) in [5.74, 6) is 2.68. The SMILES string of the molecule is CCOc1ccc(NC(=O)CSc2cc(N3CCCC(C)C3)ncn2)cc1. The quantitative estimate of drug-likeness (QED) is 0.576. The predicted molar refractivity (Wildman–Crippen MR) is 110 cm³/mol. The number of aromatic nitrogens is 2. The summed E-state index contributed by atoms with van der Waals surface area (Å²) in [6.07, 6.45) is 4.05. The summed E-state index contributed by atoms with van der Waals surface area (Å²) in [4.78, 5) is 23.2. The number of carbonyl (C=O) groups is 1. The van der Waals surface area contributed by atoms with Crippen LogP contribution in [0.4, 0.5) is 11.5 Å². The summed E-state index contributed by atoms with van der Waals surface area (Å²) in [7, 11) is 0. The fourth-order valence-electron chi connectivity index (χ4n) is 3.12. The van der Waals surface area contributed by atoms with E-state index in [4.69, 9.17) is 4.74 Å². The molecule has 0 radical (unpaired) electrons. The van der Waals surface area contributed by atoms with Gasteiger partial charge in [0, 0.05) is 24.8 Å². The van der Waals surface area contributed by atoms with Crippen LogP contribution in [0, 0.1) is 5.92 Å². The van der Waals surface area contributed by atoms with Gasteiger partial charge in [-0.15, -0.1) is 0 Å². The second kappa shape index (κ2) is 9.60. The molecule has 2 heterocycles. The Morgan fingerprint density at radius 3 is 2.89 bits per heavy atom. The highest BCUT2D eigenvalue weighted by Crippen LogP contribution is 2.24. The van der Waals surface area contributed by atoms with Crippen molar-refractivity contribution in [3.63, 3.8) is 0 Å². The first-order valence-electron chi connectivity index (χ1n) is 9.36. The van der Waals surface area contributed by atoms with Crippen LogP contribution >= 0.6 is 11.8 Å². The lowest BCUT2D eigenvalue weighted by Gasteiger charge is -2.31. The van der Waals surface area contributed by atoms with Crippen LogP contribution in [0.1, 0.15) is 26.7 Å². The van der Waals surface area contributed by atoms with Gasteiger partial charge in [0.2, 0.25) is 5.91 Å². The fourth-order valence-corrected chi connectivity index (χ4v) is 3.78. The van der Waals surface area contributed by atoms with Crippen LogP contribution < -0.4 is 15.0 Å². The Morgan fingerprint density at radius 2 is 2.15 bits per heavy atom. The smallest absolute Gasteiger partial charge is 0.234 e. The van der Waals surface area contributed by atoms with Crippen LogP contribution in [0.15, 0.2) is 41.7 Å². The fraction of sp³-hybridized carbons (Fsp3) is 0.450. The van der Waals surface area contributed by atoms with Gasteiger partial charge < -0.3 is 15.0 Å². The van der Waals surface area contributed by atoms with E-state index in [-0.39, 0.29) is 5.91 Å². The number of anilines is 2. The minimum absolute atomic E-state index is 0.0593. The van der Waals surface area contributed by atoms with E-state index in [1.807, 2.05) is 37.3 Å². The van der Waals surface area contributed by atoms with Gasteiger partial charge in [-0.2, -0.15) is 0 Å². The number of ether oxygens (including phenoxy) is 1. The van der Waals surface area contributed by atoms with Crippen molar-refractivity contribution in [2.45, 2.75) is 31.7 Å². The molecule has 1 N–H and O–H groups in total. The molecule has 1 aliphatic heterocycles. The standard InChI is InChI=1S/C20H26N4O2S/c1-3-26-17-8-6-16(7-9-17)23-19(25)13-27-20-11-18(21-14-22-20)24-10-4-5-15(2)12-24/h6-9,11,14-15H,3-5,10,12-13H2,1-2H3,(H,23,25). The Hall–Kier alpha value is -2.28. The van der Waals surface area contributed by atoms with E-state index in [2.05, 4.69) is 27.1 Å². The lowest BCUT2D eigenvalue weighted by molar-refractivity contribution is -0.113. The number of rotatable bonds is 7. The number of thioether (sulfide) groups is 1. The second-order valence-corrected chi connectivity index (χ2v) is 7.70. The van der Waals surface area contributed by atoms with Crippen molar-refractivity contribution in [3.05, 3.63) is 36.7 Å². The van der Waals surface area contributed by atoms with Gasteiger partial charge in [0.25, 0.3) is 0 Å². The zero-order chi connectivity index (χ0) is 19.1. The molecule has 27 heavy (non-hydrogen) atoms. The molecule has 0 saturated carbocycles. The first-order chi connectivity index (χ1) is 13.1. The summed E-state index contributed by atoms with van der Waals surface area (Å²) in [5, 5.41) is 3.72. The number of carbonyl (C=O) groups excluding carboxylic acids is 1. The topological polar surface area (TPSA) is 67.3 Å². The van der Waals surface area contributed by atoms with Gasteiger partial charge in [0.05, 0.1) is 12.4 Å². The lowest BCUT2D eigenvalue weighted by atomic mass is 10.0. The molecule has 1 aromatic heterocycles. The van der Waals surface area contributed by atoms with Crippen molar-refractivity contribution >= 4 is 29.2 Å². The van der Waals surface area contributed by atoms with E-state index in [9.17, 15) is 4.79 Å². The van der Waals surface area contributed by atoms with Gasteiger partial charge in [-0.05, 0) is 49.9 Å². The summed E-state index contributed by atoms with van der Waals surface area (Å²) in [5.41, 5.74) is 0.759. The predicted octanol–water partition coefficient (Wildman–Crippen LogP) is 3.84. The summed E-state index contributed by atoms with van der Waals surface area (Å²) < 4.78 is 5.40. The zero-order valence-corrected chi connectivity index (χ0v) is 16.7. The van der Waals surface area contributed by atoms with Crippen molar-refractivity contribution in [2.24, 2.45) is 5.92 Å². The van der Waals surface area contributed by atoms with E-state index >= 15 is 0 Å². The van der Waals surface area contributed by atoms with E-state index in [0.717, 1.165) is 35.4 Å². The van der Waals surface area contributed by atoms with E-state index < -0.39 is 0 Å². The number of benzene rings is 1. The summed E-state index contributed by atoms with van der Waals surface area (Å²) in [6.45, 7) is 6.90. The van der Waals surface area contributed by atoms with Crippen molar-refractivity contribution < 1.29 is 9.53 Å². The van der Waals surface area contributed by atoms with Gasteiger partial charge in [-0.1, -0.05) is 18.7 Å². The first kappa shape index (κ1) is 19.5. The summed E-state index contributed by atoms with van der Waals surface area (Å²) in [6, 6.07) is 9.36. The molecular weight excluding hydrogens is 360 g/mol. The highest BCUT2D eigenvalue weighted by Gasteiger charge is 2.18. The Labute approximate surface area is 164 Å². The maximum atomic E-state index is 12.2. The molecule has 1 amide bonds. The maximum Gasteiger partial charge on any atom is 0.234 e. The van der Waals surface area contributed by atoms with Crippen molar-refractivity contribution in [2.75, 3.05) is 35.7 Å². The monoisotopic (exact) mass is 386 g/mol. The third-order valence-electron chi connectivity index (χ3n) is 4.41. The van der Waals surface area contributed by atoms with Crippen molar-refractivity contribution in [3.8, 4) is 5.75 Å². The summed E-state index contributed by atoms with van der Waals surface area (Å²) >= 11 is 1.42. The molecule has 2 aromatic rings. The normalized spacial score (nSPS) is 16.8. The molecule has 7 heteroatoms. The van der Waals surface area contributed by atoms with Crippen LogP contribution in [0.5, 0.6) is 5.75 Å². The van der Waals surface area contributed by atoms with Gasteiger partial charge in [0.1, 0.15) is 22.9 Å². The van der Waals surface area contributed by atoms with Gasteiger partial charge in [-0.25, -0.2) is 9.97 Å².